The number of anilines is 1. The van der Waals surface area contributed by atoms with E-state index in [1.807, 2.05) is 32.9 Å². The summed E-state index contributed by atoms with van der Waals surface area (Å²) in [6.45, 7) is 6.94. The van der Waals surface area contributed by atoms with Crippen LogP contribution in [0.15, 0.2) is 71.6 Å². The molecule has 0 aliphatic carbocycles. The number of rotatable bonds is 7. The van der Waals surface area contributed by atoms with Crippen molar-refractivity contribution >= 4 is 21.6 Å². The van der Waals surface area contributed by atoms with Gasteiger partial charge in [0.15, 0.2) is 0 Å². The maximum atomic E-state index is 13.5. The largest absolute Gasteiger partial charge is 0.348 e. The Hall–Kier alpha value is -3.19. The molecule has 0 radical (unpaired) electrons. The van der Waals surface area contributed by atoms with Gasteiger partial charge in [-0.05, 0) is 74.7 Å². The Balaban J connectivity index is 1.94. The number of hydrogen-bond donors (Lipinski definition) is 1. The van der Waals surface area contributed by atoms with Gasteiger partial charge in [0.2, 0.25) is 5.91 Å². The molecule has 1 atom stereocenters. The molecule has 0 fully saturated rings. The SMILES string of the molecule is Cc1ccc(S(=O)(=O)N(CC(=O)N[C@@H](C)c2ccc(F)cc2)c2cc(C)ccc2C)cc1. The minimum atomic E-state index is -3.99. The van der Waals surface area contributed by atoms with Crippen molar-refractivity contribution in [3.63, 3.8) is 0 Å². The van der Waals surface area contributed by atoms with Crippen LogP contribution in [0.3, 0.4) is 0 Å². The fourth-order valence-corrected chi connectivity index (χ4v) is 4.85. The second kappa shape index (κ2) is 9.53. The number of benzene rings is 3. The van der Waals surface area contributed by atoms with E-state index in [1.54, 1.807) is 49.4 Å². The third kappa shape index (κ3) is 5.34. The molecule has 0 saturated carbocycles. The molecule has 1 amide bonds. The number of nitrogens with zero attached hydrogens (tertiary/aromatic N) is 1. The molecular weight excluding hydrogens is 427 g/mol. The van der Waals surface area contributed by atoms with Crippen molar-refractivity contribution in [2.75, 3.05) is 10.8 Å². The molecule has 3 rings (SSSR count). The molecule has 0 aliphatic rings. The number of carbonyl (C=O) groups excluding carboxylic acids is 1. The van der Waals surface area contributed by atoms with Crippen LogP contribution in [0.2, 0.25) is 0 Å². The maximum Gasteiger partial charge on any atom is 0.264 e. The summed E-state index contributed by atoms with van der Waals surface area (Å²) in [6, 6.07) is 17.4. The number of carbonyl (C=O) groups is 1. The average Bonchev–Trinajstić information content (AvgIpc) is 2.74. The summed E-state index contributed by atoms with van der Waals surface area (Å²) in [6.07, 6.45) is 0. The van der Waals surface area contributed by atoms with Crippen molar-refractivity contribution in [2.24, 2.45) is 0 Å². The fourth-order valence-electron chi connectivity index (χ4n) is 3.38. The number of aryl methyl sites for hydroxylation is 3. The highest BCUT2D eigenvalue weighted by atomic mass is 32.2. The van der Waals surface area contributed by atoms with E-state index in [4.69, 9.17) is 0 Å². The highest BCUT2D eigenvalue weighted by molar-refractivity contribution is 7.92. The van der Waals surface area contributed by atoms with Crippen LogP contribution in [0.25, 0.3) is 0 Å². The van der Waals surface area contributed by atoms with E-state index < -0.39 is 22.0 Å². The Bertz CT molecular complexity index is 1210. The van der Waals surface area contributed by atoms with Gasteiger partial charge < -0.3 is 5.32 Å². The van der Waals surface area contributed by atoms with Crippen LogP contribution in [-0.2, 0) is 14.8 Å². The molecule has 32 heavy (non-hydrogen) atoms. The Morgan fingerprint density at radius 1 is 0.938 bits per heavy atom. The van der Waals surface area contributed by atoms with Gasteiger partial charge in [0.1, 0.15) is 12.4 Å². The van der Waals surface area contributed by atoms with Crippen LogP contribution < -0.4 is 9.62 Å². The van der Waals surface area contributed by atoms with Crippen LogP contribution in [0, 0.1) is 26.6 Å². The lowest BCUT2D eigenvalue weighted by atomic mass is 10.1. The van der Waals surface area contributed by atoms with Crippen molar-refractivity contribution in [3.8, 4) is 0 Å². The molecule has 3 aromatic rings. The summed E-state index contributed by atoms with van der Waals surface area (Å²) >= 11 is 0. The third-order valence-corrected chi connectivity index (χ3v) is 7.05. The predicted molar refractivity (Wildman–Crippen MR) is 125 cm³/mol. The molecule has 0 saturated heterocycles. The summed E-state index contributed by atoms with van der Waals surface area (Å²) in [7, 11) is -3.99. The van der Waals surface area contributed by atoms with Gasteiger partial charge in [-0.2, -0.15) is 0 Å². The van der Waals surface area contributed by atoms with Crippen molar-refractivity contribution in [3.05, 3.63) is 94.8 Å². The molecule has 3 aromatic carbocycles. The topological polar surface area (TPSA) is 66.5 Å². The molecule has 0 aliphatic heterocycles. The summed E-state index contributed by atoms with van der Waals surface area (Å²) in [5.74, 6) is -0.823. The number of amides is 1. The lowest BCUT2D eigenvalue weighted by molar-refractivity contribution is -0.120. The van der Waals surface area contributed by atoms with Crippen molar-refractivity contribution < 1.29 is 17.6 Å². The lowest BCUT2D eigenvalue weighted by Gasteiger charge is -2.27. The quantitative estimate of drug-likeness (QED) is 0.556. The van der Waals surface area contributed by atoms with Gasteiger partial charge in [0.25, 0.3) is 10.0 Å². The van der Waals surface area contributed by atoms with E-state index in [0.717, 1.165) is 26.6 Å². The molecule has 0 heterocycles. The lowest BCUT2D eigenvalue weighted by Crippen LogP contribution is -2.42. The second-order valence-electron chi connectivity index (χ2n) is 7.96. The minimum Gasteiger partial charge on any atom is -0.348 e. The first kappa shape index (κ1) is 23.5. The van der Waals surface area contributed by atoms with Gasteiger partial charge in [-0.15, -0.1) is 0 Å². The Morgan fingerprint density at radius 3 is 2.16 bits per heavy atom. The van der Waals surface area contributed by atoms with E-state index in [9.17, 15) is 17.6 Å². The van der Waals surface area contributed by atoms with E-state index in [2.05, 4.69) is 5.32 Å². The van der Waals surface area contributed by atoms with Gasteiger partial charge in [-0.1, -0.05) is 42.0 Å². The molecular formula is C25H27FN2O3S. The zero-order valence-electron chi connectivity index (χ0n) is 18.6. The fraction of sp³-hybridized carbons (Fsp3) is 0.240. The number of sulfonamides is 1. The van der Waals surface area contributed by atoms with Crippen molar-refractivity contribution in [1.29, 1.82) is 0 Å². The van der Waals surface area contributed by atoms with E-state index in [-0.39, 0.29) is 17.3 Å². The first-order chi connectivity index (χ1) is 15.1. The van der Waals surface area contributed by atoms with Crippen molar-refractivity contribution in [2.45, 2.75) is 38.6 Å². The van der Waals surface area contributed by atoms with Gasteiger partial charge in [0.05, 0.1) is 16.6 Å². The smallest absolute Gasteiger partial charge is 0.264 e. The predicted octanol–water partition coefficient (Wildman–Crippen LogP) is 4.82. The summed E-state index contributed by atoms with van der Waals surface area (Å²) in [5.41, 5.74) is 3.74. The molecule has 0 unspecified atom stereocenters. The van der Waals surface area contributed by atoms with Crippen LogP contribution >= 0.6 is 0 Å². The van der Waals surface area contributed by atoms with Gasteiger partial charge in [-0.3, -0.25) is 9.10 Å². The summed E-state index contributed by atoms with van der Waals surface area (Å²) in [4.78, 5) is 13.0. The average molecular weight is 455 g/mol. The van der Waals surface area contributed by atoms with E-state index in [1.165, 1.54) is 12.1 Å². The Kier molecular flexibility index (Phi) is 6.99. The number of nitrogens with one attached hydrogen (secondary N) is 1. The van der Waals surface area contributed by atoms with Gasteiger partial charge in [0, 0.05) is 0 Å². The van der Waals surface area contributed by atoms with E-state index >= 15 is 0 Å². The molecule has 0 bridgehead atoms. The zero-order chi connectivity index (χ0) is 23.5. The van der Waals surface area contributed by atoms with Crippen LogP contribution in [0.4, 0.5) is 10.1 Å². The Morgan fingerprint density at radius 2 is 1.53 bits per heavy atom. The molecule has 0 spiro atoms. The van der Waals surface area contributed by atoms with Crippen LogP contribution in [-0.4, -0.2) is 20.9 Å². The summed E-state index contributed by atoms with van der Waals surface area (Å²) in [5, 5.41) is 2.82. The van der Waals surface area contributed by atoms with Crippen LogP contribution in [0.5, 0.6) is 0 Å². The van der Waals surface area contributed by atoms with E-state index in [0.29, 0.717) is 5.69 Å². The highest BCUT2D eigenvalue weighted by Crippen LogP contribution is 2.28. The number of halogens is 1. The molecule has 0 aromatic heterocycles. The first-order valence-corrected chi connectivity index (χ1v) is 11.7. The summed E-state index contributed by atoms with van der Waals surface area (Å²) < 4.78 is 41.4. The van der Waals surface area contributed by atoms with Gasteiger partial charge in [-0.25, -0.2) is 12.8 Å². The first-order valence-electron chi connectivity index (χ1n) is 10.3. The third-order valence-electron chi connectivity index (χ3n) is 5.28. The molecule has 7 heteroatoms. The second-order valence-corrected chi connectivity index (χ2v) is 9.82. The molecule has 168 valence electrons. The van der Waals surface area contributed by atoms with Gasteiger partial charge >= 0.3 is 0 Å². The molecule has 1 N–H and O–H groups in total. The van der Waals surface area contributed by atoms with Crippen LogP contribution in [0.1, 0.15) is 35.2 Å². The maximum absolute atomic E-state index is 13.5. The van der Waals surface area contributed by atoms with Crippen molar-refractivity contribution in [1.82, 2.24) is 5.32 Å². The number of hydrogen-bond acceptors (Lipinski definition) is 3. The Labute approximate surface area is 188 Å². The normalized spacial score (nSPS) is 12.3. The monoisotopic (exact) mass is 454 g/mol. The highest BCUT2D eigenvalue weighted by Gasteiger charge is 2.28. The standard InChI is InChI=1S/C25H27FN2O3S/c1-17-6-13-23(14-7-17)32(30,31)28(24-15-18(2)5-8-19(24)3)16-25(29)27-20(4)21-9-11-22(26)12-10-21/h5-15,20H,16H2,1-4H3,(H,27,29)/t20-/m0/s1. The zero-order valence-corrected chi connectivity index (χ0v) is 19.4. The minimum absolute atomic E-state index is 0.114. The molecule has 5 nitrogen and oxygen atoms in total.